The molecule has 0 aliphatic carbocycles. The Morgan fingerprint density at radius 2 is 2.05 bits per heavy atom. The van der Waals surface area contributed by atoms with Gasteiger partial charge in [-0.1, -0.05) is 26.8 Å². The van der Waals surface area contributed by atoms with E-state index in [1.165, 1.54) is 12.1 Å². The first-order valence-corrected chi connectivity index (χ1v) is 7.50. The summed E-state index contributed by atoms with van der Waals surface area (Å²) in [6.45, 7) is 7.90. The Morgan fingerprint density at radius 3 is 2.62 bits per heavy atom. The minimum Gasteiger partial charge on any atom is -0.366 e. The fourth-order valence-corrected chi connectivity index (χ4v) is 2.81. The number of nitrogens with one attached hydrogen (secondary N) is 1. The van der Waals surface area contributed by atoms with Crippen molar-refractivity contribution in [3.8, 4) is 0 Å². The molecule has 1 N–H and O–H groups in total. The number of hydrogen-bond donors (Lipinski definition) is 1. The summed E-state index contributed by atoms with van der Waals surface area (Å²) in [7, 11) is 0. The first kappa shape index (κ1) is 16.1. The normalized spacial score (nSPS) is 23.7. The monoisotopic (exact) mass is 300 g/mol. The second kappa shape index (κ2) is 6.26. The van der Waals surface area contributed by atoms with Crippen LogP contribution in [-0.2, 0) is 6.18 Å². The second-order valence-corrected chi connectivity index (χ2v) is 6.02. The largest absolute Gasteiger partial charge is 0.416 e. The van der Waals surface area contributed by atoms with Crippen molar-refractivity contribution in [2.75, 3.05) is 18.0 Å². The van der Waals surface area contributed by atoms with E-state index < -0.39 is 11.7 Å². The Labute approximate surface area is 124 Å². The van der Waals surface area contributed by atoms with Gasteiger partial charge in [-0.25, -0.2) is 0 Å². The van der Waals surface area contributed by atoms with Gasteiger partial charge in [0, 0.05) is 30.9 Å². The highest BCUT2D eigenvalue weighted by molar-refractivity contribution is 5.51. The van der Waals surface area contributed by atoms with Crippen LogP contribution < -0.4 is 10.2 Å². The summed E-state index contributed by atoms with van der Waals surface area (Å²) in [6.07, 6.45) is -3.38. The van der Waals surface area contributed by atoms with E-state index in [0.717, 1.165) is 25.6 Å². The summed E-state index contributed by atoms with van der Waals surface area (Å²) in [6, 6.07) is 6.22. The van der Waals surface area contributed by atoms with E-state index in [-0.39, 0.29) is 6.04 Å². The number of piperazine rings is 1. The molecule has 1 aliphatic heterocycles. The smallest absolute Gasteiger partial charge is 0.366 e. The first-order chi connectivity index (χ1) is 9.82. The summed E-state index contributed by atoms with van der Waals surface area (Å²) in [5.41, 5.74) is 0.0957. The Kier molecular flexibility index (Phi) is 4.81. The van der Waals surface area contributed by atoms with Crippen LogP contribution in [0.2, 0.25) is 0 Å². The van der Waals surface area contributed by atoms with Crippen LogP contribution in [-0.4, -0.2) is 25.2 Å². The highest BCUT2D eigenvalue weighted by atomic mass is 19.4. The van der Waals surface area contributed by atoms with Gasteiger partial charge in [0.1, 0.15) is 0 Å². The van der Waals surface area contributed by atoms with Crippen LogP contribution in [0.3, 0.4) is 0 Å². The van der Waals surface area contributed by atoms with E-state index in [1.54, 1.807) is 6.07 Å². The zero-order valence-electron chi connectivity index (χ0n) is 12.7. The highest BCUT2D eigenvalue weighted by Gasteiger charge is 2.33. The van der Waals surface area contributed by atoms with Crippen LogP contribution in [0.15, 0.2) is 24.3 Å². The molecule has 0 aromatic heterocycles. The van der Waals surface area contributed by atoms with E-state index >= 15 is 0 Å². The molecule has 1 aromatic rings. The number of alkyl halides is 3. The lowest BCUT2D eigenvalue weighted by Crippen LogP contribution is -2.58. The standard InChI is InChI=1S/C16H23F3N2/c1-4-13-9-20-15(11(2)3)10-21(13)14-7-5-6-12(8-14)16(17,18)19/h5-8,11,13,15,20H,4,9-10H2,1-3H3. The van der Waals surface area contributed by atoms with Crippen molar-refractivity contribution in [3.05, 3.63) is 29.8 Å². The highest BCUT2D eigenvalue weighted by Crippen LogP contribution is 2.33. The van der Waals surface area contributed by atoms with Crippen molar-refractivity contribution in [2.24, 2.45) is 5.92 Å². The molecule has 0 saturated carbocycles. The number of benzene rings is 1. The van der Waals surface area contributed by atoms with Crippen molar-refractivity contribution in [2.45, 2.75) is 45.5 Å². The number of anilines is 1. The molecular weight excluding hydrogens is 277 g/mol. The predicted molar refractivity (Wildman–Crippen MR) is 79.5 cm³/mol. The Balaban J connectivity index is 2.28. The molecule has 2 rings (SSSR count). The molecule has 5 heteroatoms. The van der Waals surface area contributed by atoms with Crippen molar-refractivity contribution >= 4 is 5.69 Å². The second-order valence-electron chi connectivity index (χ2n) is 6.02. The van der Waals surface area contributed by atoms with E-state index in [2.05, 4.69) is 31.0 Å². The van der Waals surface area contributed by atoms with Crippen LogP contribution in [0, 0.1) is 5.92 Å². The van der Waals surface area contributed by atoms with Crippen molar-refractivity contribution in [3.63, 3.8) is 0 Å². The predicted octanol–water partition coefficient (Wildman–Crippen LogP) is 3.92. The Bertz CT molecular complexity index is 471. The molecule has 2 unspecified atom stereocenters. The van der Waals surface area contributed by atoms with Gasteiger partial charge < -0.3 is 10.2 Å². The molecule has 2 atom stereocenters. The topological polar surface area (TPSA) is 15.3 Å². The molecule has 2 nitrogen and oxygen atoms in total. The molecule has 0 amide bonds. The molecule has 118 valence electrons. The number of nitrogens with zero attached hydrogens (tertiary/aromatic N) is 1. The minimum atomic E-state index is -4.29. The lowest BCUT2D eigenvalue weighted by Gasteiger charge is -2.43. The SMILES string of the molecule is CCC1CNC(C(C)C)CN1c1cccc(C(F)(F)F)c1. The maximum atomic E-state index is 12.9. The lowest BCUT2D eigenvalue weighted by atomic mass is 9.97. The van der Waals surface area contributed by atoms with Crippen LogP contribution in [0.4, 0.5) is 18.9 Å². The average Bonchev–Trinajstić information content (AvgIpc) is 2.45. The maximum absolute atomic E-state index is 12.9. The average molecular weight is 300 g/mol. The van der Waals surface area contributed by atoms with Crippen LogP contribution in [0.5, 0.6) is 0 Å². The number of hydrogen-bond acceptors (Lipinski definition) is 2. The fraction of sp³-hybridized carbons (Fsp3) is 0.625. The molecule has 1 aromatic carbocycles. The van der Waals surface area contributed by atoms with Crippen LogP contribution in [0.25, 0.3) is 0 Å². The van der Waals surface area contributed by atoms with Gasteiger partial charge >= 0.3 is 6.18 Å². The zero-order valence-corrected chi connectivity index (χ0v) is 12.7. The Hall–Kier alpha value is -1.23. The van der Waals surface area contributed by atoms with Gasteiger partial charge in [-0.05, 0) is 30.5 Å². The molecule has 1 aliphatic rings. The first-order valence-electron chi connectivity index (χ1n) is 7.50. The van der Waals surface area contributed by atoms with Gasteiger partial charge in [-0.3, -0.25) is 0 Å². The minimum absolute atomic E-state index is 0.239. The van der Waals surface area contributed by atoms with E-state index in [9.17, 15) is 13.2 Å². The molecule has 0 bridgehead atoms. The van der Waals surface area contributed by atoms with Crippen molar-refractivity contribution < 1.29 is 13.2 Å². The summed E-state index contributed by atoms with van der Waals surface area (Å²) < 4.78 is 38.7. The molecule has 1 saturated heterocycles. The third-order valence-electron chi connectivity index (χ3n) is 4.23. The lowest BCUT2D eigenvalue weighted by molar-refractivity contribution is -0.137. The number of halogens is 3. The van der Waals surface area contributed by atoms with Gasteiger partial charge in [0.25, 0.3) is 0 Å². The molecule has 0 spiro atoms. The van der Waals surface area contributed by atoms with E-state index in [4.69, 9.17) is 0 Å². The third kappa shape index (κ3) is 3.70. The summed E-state index contributed by atoms with van der Waals surface area (Å²) in [5, 5.41) is 3.50. The van der Waals surface area contributed by atoms with Crippen LogP contribution in [0.1, 0.15) is 32.8 Å². The Morgan fingerprint density at radius 1 is 1.33 bits per heavy atom. The number of rotatable bonds is 3. The quantitative estimate of drug-likeness (QED) is 0.910. The van der Waals surface area contributed by atoms with Gasteiger partial charge in [-0.2, -0.15) is 13.2 Å². The molecule has 1 heterocycles. The molecular formula is C16H23F3N2. The van der Waals surface area contributed by atoms with E-state index in [1.807, 2.05) is 0 Å². The molecule has 1 fully saturated rings. The third-order valence-corrected chi connectivity index (χ3v) is 4.23. The zero-order chi connectivity index (χ0) is 15.6. The van der Waals surface area contributed by atoms with Gasteiger partial charge in [-0.15, -0.1) is 0 Å². The van der Waals surface area contributed by atoms with Gasteiger partial charge in [0.15, 0.2) is 0 Å². The van der Waals surface area contributed by atoms with Crippen molar-refractivity contribution in [1.82, 2.24) is 5.32 Å². The molecule has 21 heavy (non-hydrogen) atoms. The van der Waals surface area contributed by atoms with Gasteiger partial charge in [0.2, 0.25) is 0 Å². The maximum Gasteiger partial charge on any atom is 0.416 e. The molecule has 0 radical (unpaired) electrons. The summed E-state index contributed by atoms with van der Waals surface area (Å²) in [4.78, 5) is 2.12. The van der Waals surface area contributed by atoms with E-state index in [0.29, 0.717) is 17.6 Å². The summed E-state index contributed by atoms with van der Waals surface area (Å²) in [5.74, 6) is 0.455. The summed E-state index contributed by atoms with van der Waals surface area (Å²) >= 11 is 0. The fourth-order valence-electron chi connectivity index (χ4n) is 2.81. The van der Waals surface area contributed by atoms with Crippen molar-refractivity contribution in [1.29, 1.82) is 0 Å². The van der Waals surface area contributed by atoms with Crippen LogP contribution >= 0.6 is 0 Å². The van der Waals surface area contributed by atoms with Gasteiger partial charge in [0.05, 0.1) is 5.56 Å².